The normalized spacial score (nSPS) is 18.3. The van der Waals surface area contributed by atoms with Crippen LogP contribution in [0.25, 0.3) is 21.8 Å². The van der Waals surface area contributed by atoms with Crippen LogP contribution in [0.4, 0.5) is 0 Å². The first-order valence-corrected chi connectivity index (χ1v) is 9.58. The topological polar surface area (TPSA) is 108 Å². The number of aromatic nitrogens is 2. The van der Waals surface area contributed by atoms with Gasteiger partial charge in [-0.05, 0) is 31.7 Å². The van der Waals surface area contributed by atoms with Gasteiger partial charge in [-0.1, -0.05) is 0 Å². The maximum absolute atomic E-state index is 13.2. The molecule has 1 fully saturated rings. The van der Waals surface area contributed by atoms with E-state index in [4.69, 9.17) is 10.2 Å². The maximum atomic E-state index is 13.2. The number of furan rings is 1. The molecule has 3 aromatic rings. The zero-order chi connectivity index (χ0) is 19.1. The number of fused-ring (bicyclic) bond motifs is 1. The van der Waals surface area contributed by atoms with Crippen LogP contribution in [0.2, 0.25) is 0 Å². The molecule has 0 unspecified atom stereocenters. The van der Waals surface area contributed by atoms with Crippen LogP contribution in [0, 0.1) is 6.92 Å². The molecule has 1 amide bonds. The monoisotopic (exact) mass is 387 g/mol. The number of aromatic amines is 1. The number of likely N-dealkylation sites (N-methyl/N-ethyl adjacent to an activating group) is 1. The largest absolute Gasteiger partial charge is 0.461 e. The Morgan fingerprint density at radius 1 is 1.48 bits per heavy atom. The minimum atomic E-state index is -0.270. The summed E-state index contributed by atoms with van der Waals surface area (Å²) in [5, 5.41) is 0.456. The lowest BCUT2D eigenvalue weighted by Gasteiger charge is -2.39. The summed E-state index contributed by atoms with van der Waals surface area (Å²) in [6, 6.07) is 3.42. The van der Waals surface area contributed by atoms with Gasteiger partial charge in [-0.3, -0.25) is 9.59 Å². The number of hydrogen-bond acceptors (Lipinski definition) is 7. The van der Waals surface area contributed by atoms with Gasteiger partial charge in [0.05, 0.1) is 22.6 Å². The van der Waals surface area contributed by atoms with Crippen molar-refractivity contribution in [1.29, 1.82) is 0 Å². The van der Waals surface area contributed by atoms with Gasteiger partial charge in [-0.15, -0.1) is 11.3 Å². The fourth-order valence-electron chi connectivity index (χ4n) is 3.49. The smallest absolute Gasteiger partial charge is 0.264 e. The number of carbonyl (C=O) groups excluding carboxylic acids is 1. The van der Waals surface area contributed by atoms with E-state index in [0.717, 1.165) is 13.1 Å². The summed E-state index contributed by atoms with van der Waals surface area (Å²) in [5.74, 6) is 0.755. The number of nitrogens with zero attached hydrogens (tertiary/aromatic N) is 3. The molecule has 142 valence electrons. The van der Waals surface area contributed by atoms with Gasteiger partial charge in [-0.25, -0.2) is 4.98 Å². The molecule has 1 saturated heterocycles. The number of hydrogen-bond donors (Lipinski definition) is 2. The van der Waals surface area contributed by atoms with Crippen molar-refractivity contribution in [3.63, 3.8) is 0 Å². The Hall–Kier alpha value is -2.49. The van der Waals surface area contributed by atoms with Crippen molar-refractivity contribution < 1.29 is 9.21 Å². The SMILES string of the molecule is Cc1c(C(=O)N2CCN(C)C[C@H]2CN)sc2nc(-c3ccco3)[nH]c(=O)c12. The van der Waals surface area contributed by atoms with Crippen molar-refractivity contribution >= 4 is 27.5 Å². The first-order valence-electron chi connectivity index (χ1n) is 8.76. The van der Waals surface area contributed by atoms with E-state index in [9.17, 15) is 9.59 Å². The van der Waals surface area contributed by atoms with E-state index in [1.807, 2.05) is 11.9 Å². The van der Waals surface area contributed by atoms with Gasteiger partial charge < -0.3 is 24.9 Å². The quantitative estimate of drug-likeness (QED) is 0.701. The molecule has 8 nitrogen and oxygen atoms in total. The van der Waals surface area contributed by atoms with Crippen LogP contribution < -0.4 is 11.3 Å². The van der Waals surface area contributed by atoms with Crippen LogP contribution in [0.5, 0.6) is 0 Å². The fraction of sp³-hybridized carbons (Fsp3) is 0.389. The summed E-state index contributed by atoms with van der Waals surface area (Å²) in [6.07, 6.45) is 1.52. The molecule has 0 aromatic carbocycles. The second kappa shape index (κ2) is 6.91. The van der Waals surface area contributed by atoms with Gasteiger partial charge in [0.25, 0.3) is 11.5 Å². The number of aryl methyl sites for hydroxylation is 1. The molecule has 0 saturated carbocycles. The predicted molar refractivity (Wildman–Crippen MR) is 104 cm³/mol. The van der Waals surface area contributed by atoms with Gasteiger partial charge in [0.15, 0.2) is 11.6 Å². The molecule has 4 rings (SSSR count). The molecule has 4 heterocycles. The van der Waals surface area contributed by atoms with E-state index in [1.54, 1.807) is 19.1 Å². The molecule has 3 aromatic heterocycles. The number of thiophene rings is 1. The first-order chi connectivity index (χ1) is 13.0. The molecule has 0 radical (unpaired) electrons. The second-order valence-electron chi connectivity index (χ2n) is 6.78. The van der Waals surface area contributed by atoms with Gasteiger partial charge in [-0.2, -0.15) is 0 Å². The first kappa shape index (κ1) is 17.9. The highest BCUT2D eigenvalue weighted by atomic mass is 32.1. The Labute approximate surface area is 159 Å². The average molecular weight is 387 g/mol. The molecular formula is C18H21N5O3S. The number of rotatable bonds is 3. The fourth-order valence-corrected chi connectivity index (χ4v) is 4.63. The summed E-state index contributed by atoms with van der Waals surface area (Å²) in [7, 11) is 2.02. The maximum Gasteiger partial charge on any atom is 0.264 e. The molecule has 1 aliphatic rings. The Balaban J connectivity index is 1.76. The van der Waals surface area contributed by atoms with Crippen molar-refractivity contribution in [3.8, 4) is 11.6 Å². The van der Waals surface area contributed by atoms with Gasteiger partial charge in [0.2, 0.25) is 0 Å². The molecule has 0 spiro atoms. The number of nitrogens with two attached hydrogens (primary N) is 1. The highest BCUT2D eigenvalue weighted by Crippen LogP contribution is 2.30. The lowest BCUT2D eigenvalue weighted by molar-refractivity contribution is 0.0520. The number of piperazine rings is 1. The molecule has 1 atom stereocenters. The number of H-pyrrole nitrogens is 1. The van der Waals surface area contributed by atoms with E-state index in [0.29, 0.717) is 45.3 Å². The average Bonchev–Trinajstić information content (AvgIpc) is 3.29. The lowest BCUT2D eigenvalue weighted by Crippen LogP contribution is -2.56. The van der Waals surface area contributed by atoms with Crippen LogP contribution in [0.15, 0.2) is 27.6 Å². The molecular weight excluding hydrogens is 366 g/mol. The van der Waals surface area contributed by atoms with Crippen molar-refractivity contribution in [2.75, 3.05) is 33.2 Å². The van der Waals surface area contributed by atoms with Crippen LogP contribution >= 0.6 is 11.3 Å². The minimum absolute atomic E-state index is 0.0363. The van der Waals surface area contributed by atoms with Gasteiger partial charge in [0.1, 0.15) is 4.83 Å². The third kappa shape index (κ3) is 3.07. The highest BCUT2D eigenvalue weighted by molar-refractivity contribution is 7.20. The van der Waals surface area contributed by atoms with E-state index in [-0.39, 0.29) is 17.5 Å². The van der Waals surface area contributed by atoms with E-state index in [2.05, 4.69) is 14.9 Å². The molecule has 3 N–H and O–H groups in total. The molecule has 9 heteroatoms. The van der Waals surface area contributed by atoms with Crippen LogP contribution in [-0.2, 0) is 0 Å². The minimum Gasteiger partial charge on any atom is -0.461 e. The summed E-state index contributed by atoms with van der Waals surface area (Å²) >= 11 is 1.25. The third-order valence-electron chi connectivity index (χ3n) is 4.97. The van der Waals surface area contributed by atoms with Gasteiger partial charge >= 0.3 is 0 Å². The van der Waals surface area contributed by atoms with Gasteiger partial charge in [0, 0.05) is 26.2 Å². The Bertz CT molecular complexity index is 1040. The second-order valence-corrected chi connectivity index (χ2v) is 7.78. The highest BCUT2D eigenvalue weighted by Gasteiger charge is 2.31. The molecule has 1 aliphatic heterocycles. The molecule has 27 heavy (non-hydrogen) atoms. The number of amides is 1. The summed E-state index contributed by atoms with van der Waals surface area (Å²) < 4.78 is 5.32. The van der Waals surface area contributed by atoms with Crippen LogP contribution in [0.1, 0.15) is 15.2 Å². The van der Waals surface area contributed by atoms with Crippen molar-refractivity contribution in [1.82, 2.24) is 19.8 Å². The molecule has 0 bridgehead atoms. The van der Waals surface area contributed by atoms with Crippen molar-refractivity contribution in [3.05, 3.63) is 39.2 Å². The summed E-state index contributed by atoms with van der Waals surface area (Å²) in [6.45, 7) is 4.36. The Morgan fingerprint density at radius 2 is 2.30 bits per heavy atom. The Kier molecular flexibility index (Phi) is 4.58. The summed E-state index contributed by atoms with van der Waals surface area (Å²) in [5.41, 5.74) is 6.28. The zero-order valence-electron chi connectivity index (χ0n) is 15.2. The standard InChI is InChI=1S/C18H21N5O3S/c1-10-13-16(24)20-15(12-4-3-7-26-12)21-17(13)27-14(10)18(25)23-6-5-22(2)9-11(23)8-19/h3-4,7,11H,5-6,8-9,19H2,1-2H3,(H,20,21,24)/t11-/m1/s1. The van der Waals surface area contributed by atoms with Crippen LogP contribution in [0.3, 0.4) is 0 Å². The number of carbonyl (C=O) groups is 1. The zero-order valence-corrected chi connectivity index (χ0v) is 16.0. The molecule has 0 aliphatic carbocycles. The lowest BCUT2D eigenvalue weighted by atomic mass is 10.1. The van der Waals surface area contributed by atoms with E-state index < -0.39 is 0 Å². The number of nitrogens with one attached hydrogen (secondary N) is 1. The predicted octanol–water partition coefficient (Wildman–Crippen LogP) is 1.27. The van der Waals surface area contributed by atoms with Crippen molar-refractivity contribution in [2.45, 2.75) is 13.0 Å². The Morgan fingerprint density at radius 3 is 3.00 bits per heavy atom. The van der Waals surface area contributed by atoms with E-state index >= 15 is 0 Å². The third-order valence-corrected chi connectivity index (χ3v) is 6.14. The van der Waals surface area contributed by atoms with E-state index in [1.165, 1.54) is 17.6 Å². The summed E-state index contributed by atoms with van der Waals surface area (Å²) in [4.78, 5) is 38.1. The van der Waals surface area contributed by atoms with Crippen molar-refractivity contribution in [2.24, 2.45) is 5.73 Å². The van der Waals surface area contributed by atoms with Crippen LogP contribution in [-0.4, -0.2) is 64.9 Å².